The number of carbonyl (C=O) groups is 2. The van der Waals surface area contributed by atoms with Gasteiger partial charge < -0.3 is 4.74 Å². The van der Waals surface area contributed by atoms with Crippen LogP contribution in [-0.4, -0.2) is 26.0 Å². The molecule has 0 bridgehead atoms. The van der Waals surface area contributed by atoms with Crippen LogP contribution in [0.3, 0.4) is 0 Å². The van der Waals surface area contributed by atoms with E-state index in [4.69, 9.17) is 4.74 Å². The van der Waals surface area contributed by atoms with Crippen molar-refractivity contribution < 1.29 is 22.7 Å². The van der Waals surface area contributed by atoms with E-state index in [-0.39, 0.29) is 10.6 Å². The summed E-state index contributed by atoms with van der Waals surface area (Å²) in [7, 11) is -2.73. The summed E-state index contributed by atoms with van der Waals surface area (Å²) >= 11 is 0. The Labute approximate surface area is 119 Å². The lowest BCUT2D eigenvalue weighted by Crippen LogP contribution is -2.39. The van der Waals surface area contributed by atoms with E-state index in [0.717, 1.165) is 4.90 Å². The fourth-order valence-electron chi connectivity index (χ4n) is 1.37. The monoisotopic (exact) mass is 298 g/mol. The minimum Gasteiger partial charge on any atom is -0.443 e. The van der Waals surface area contributed by atoms with Crippen LogP contribution in [0.25, 0.3) is 0 Å². The molecule has 0 spiro atoms. The molecule has 0 unspecified atom stereocenters. The zero-order chi connectivity index (χ0) is 15.5. The lowest BCUT2D eigenvalue weighted by Gasteiger charge is -2.25. The number of ether oxygens (including phenoxy) is 1. The van der Waals surface area contributed by atoms with Crippen LogP contribution in [-0.2, 0) is 20.2 Å². The SMILES string of the molecule is CC(=O)N(C(=O)OC(C)(C)C)c1[c]cc([SH](=O)=O)cc1. The number of carbonyl (C=O) groups excluding carboxylic acids is 2. The van der Waals surface area contributed by atoms with Gasteiger partial charge in [0, 0.05) is 13.0 Å². The van der Waals surface area contributed by atoms with Gasteiger partial charge in [0.2, 0.25) is 5.91 Å². The third-order valence-electron chi connectivity index (χ3n) is 2.12. The maximum atomic E-state index is 12.0. The average Bonchev–Trinajstić information content (AvgIpc) is 2.26. The number of anilines is 1. The number of imide groups is 1. The highest BCUT2D eigenvalue weighted by atomic mass is 32.2. The number of amides is 2. The summed E-state index contributed by atoms with van der Waals surface area (Å²) in [5, 5.41) is 0. The van der Waals surface area contributed by atoms with Crippen LogP contribution in [0.2, 0.25) is 0 Å². The molecule has 20 heavy (non-hydrogen) atoms. The van der Waals surface area contributed by atoms with Gasteiger partial charge in [0.25, 0.3) is 0 Å². The van der Waals surface area contributed by atoms with Crippen molar-refractivity contribution >= 4 is 28.4 Å². The van der Waals surface area contributed by atoms with E-state index >= 15 is 0 Å². The molecule has 0 atom stereocenters. The first kappa shape index (κ1) is 16.2. The number of hydrogen-bond acceptors (Lipinski definition) is 5. The predicted molar refractivity (Wildman–Crippen MR) is 73.3 cm³/mol. The second-order valence-electron chi connectivity index (χ2n) is 5.02. The zero-order valence-corrected chi connectivity index (χ0v) is 12.6. The van der Waals surface area contributed by atoms with Crippen molar-refractivity contribution in [3.05, 3.63) is 24.3 Å². The normalized spacial score (nSPS) is 11.2. The number of benzene rings is 1. The second kappa shape index (κ2) is 6.04. The van der Waals surface area contributed by atoms with Crippen molar-refractivity contribution in [2.75, 3.05) is 4.90 Å². The Kier molecular flexibility index (Phi) is 4.88. The molecule has 7 heteroatoms. The Morgan fingerprint density at radius 2 is 1.85 bits per heavy atom. The molecule has 109 valence electrons. The van der Waals surface area contributed by atoms with Crippen LogP contribution in [0.15, 0.2) is 23.1 Å². The third kappa shape index (κ3) is 4.34. The highest BCUT2D eigenvalue weighted by molar-refractivity contribution is 7.72. The van der Waals surface area contributed by atoms with Gasteiger partial charge in [-0.25, -0.2) is 18.1 Å². The van der Waals surface area contributed by atoms with Crippen LogP contribution in [0.1, 0.15) is 27.7 Å². The number of nitrogens with zero attached hydrogens (tertiary/aromatic N) is 1. The number of thiol groups is 1. The lowest BCUT2D eigenvalue weighted by atomic mass is 10.2. The zero-order valence-electron chi connectivity index (χ0n) is 11.7. The van der Waals surface area contributed by atoms with E-state index in [1.54, 1.807) is 20.8 Å². The van der Waals surface area contributed by atoms with Gasteiger partial charge in [-0.15, -0.1) is 0 Å². The molecule has 6 nitrogen and oxygen atoms in total. The van der Waals surface area contributed by atoms with E-state index in [1.807, 2.05) is 0 Å². The van der Waals surface area contributed by atoms with Gasteiger partial charge in [0.05, 0.1) is 10.6 Å². The summed E-state index contributed by atoms with van der Waals surface area (Å²) in [4.78, 5) is 24.4. The Hall–Kier alpha value is -1.89. The molecule has 1 radical (unpaired) electrons. The van der Waals surface area contributed by atoms with E-state index in [0.29, 0.717) is 0 Å². The number of rotatable bonds is 2. The third-order valence-corrected chi connectivity index (χ3v) is 2.82. The summed E-state index contributed by atoms with van der Waals surface area (Å²) in [6.45, 7) is 6.24. The minimum absolute atomic E-state index is 0.0523. The predicted octanol–water partition coefficient (Wildman–Crippen LogP) is 1.75. The quantitative estimate of drug-likeness (QED) is 0.841. The molecule has 0 aliphatic heterocycles. The van der Waals surface area contributed by atoms with Gasteiger partial charge in [-0.2, -0.15) is 0 Å². The topological polar surface area (TPSA) is 80.8 Å². The summed E-state index contributed by atoms with van der Waals surface area (Å²) < 4.78 is 26.7. The van der Waals surface area contributed by atoms with Crippen LogP contribution in [0.5, 0.6) is 0 Å². The van der Waals surface area contributed by atoms with Crippen molar-refractivity contribution in [2.45, 2.75) is 38.2 Å². The summed E-state index contributed by atoms with van der Waals surface area (Å²) in [6, 6.07) is 6.40. The van der Waals surface area contributed by atoms with E-state index < -0.39 is 28.3 Å². The van der Waals surface area contributed by atoms with E-state index in [2.05, 4.69) is 6.07 Å². The Bertz CT molecular complexity index is 576. The van der Waals surface area contributed by atoms with Gasteiger partial charge in [-0.1, -0.05) is 0 Å². The highest BCUT2D eigenvalue weighted by Gasteiger charge is 2.26. The molecule has 1 rings (SSSR count). The first-order chi connectivity index (χ1) is 9.11. The van der Waals surface area contributed by atoms with Gasteiger partial charge in [0.15, 0.2) is 10.7 Å². The minimum atomic E-state index is -2.73. The highest BCUT2D eigenvalue weighted by Crippen LogP contribution is 2.19. The molecule has 0 heterocycles. The Morgan fingerprint density at radius 3 is 2.20 bits per heavy atom. The standard InChI is InChI=1S/C13H16NO5S/c1-9(15)14(12(16)19-13(2,3)4)10-5-7-11(8-6-10)20(17)18/h5,7-8,20H,1-4H3. The largest absolute Gasteiger partial charge is 0.443 e. The molecule has 0 N–H and O–H groups in total. The summed E-state index contributed by atoms with van der Waals surface area (Å²) in [6.07, 6.45) is -0.833. The van der Waals surface area contributed by atoms with Gasteiger partial charge in [0.1, 0.15) is 5.60 Å². The fraction of sp³-hybridized carbons (Fsp3) is 0.385. The maximum absolute atomic E-state index is 12.0. The van der Waals surface area contributed by atoms with Crippen molar-refractivity contribution in [3.63, 3.8) is 0 Å². The van der Waals surface area contributed by atoms with Crippen molar-refractivity contribution in [2.24, 2.45) is 0 Å². The summed E-state index contributed by atoms with van der Waals surface area (Å²) in [5.74, 6) is -0.547. The van der Waals surface area contributed by atoms with Crippen molar-refractivity contribution in [1.82, 2.24) is 0 Å². The van der Waals surface area contributed by atoms with Crippen LogP contribution in [0, 0.1) is 6.07 Å². The molecule has 0 saturated carbocycles. The van der Waals surface area contributed by atoms with Crippen molar-refractivity contribution in [1.29, 1.82) is 0 Å². The van der Waals surface area contributed by atoms with E-state index in [9.17, 15) is 18.0 Å². The molecule has 0 aliphatic rings. The summed E-state index contributed by atoms with van der Waals surface area (Å²) in [5.41, 5.74) is -0.615. The lowest BCUT2D eigenvalue weighted by molar-refractivity contribution is -0.116. The average molecular weight is 298 g/mol. The molecule has 0 aliphatic carbocycles. The number of hydrogen-bond donors (Lipinski definition) is 1. The Morgan fingerprint density at radius 1 is 1.25 bits per heavy atom. The first-order valence-electron chi connectivity index (χ1n) is 5.81. The van der Waals surface area contributed by atoms with Gasteiger partial charge >= 0.3 is 6.09 Å². The molecule has 0 saturated heterocycles. The van der Waals surface area contributed by atoms with Crippen molar-refractivity contribution in [3.8, 4) is 0 Å². The molecule has 0 aromatic heterocycles. The molecule has 1 aromatic rings. The smallest absolute Gasteiger partial charge is 0.421 e. The van der Waals surface area contributed by atoms with E-state index in [1.165, 1.54) is 25.1 Å². The molecule has 0 fully saturated rings. The van der Waals surface area contributed by atoms with Crippen LogP contribution in [0.4, 0.5) is 10.5 Å². The van der Waals surface area contributed by atoms with Crippen LogP contribution < -0.4 is 4.90 Å². The van der Waals surface area contributed by atoms with Crippen LogP contribution >= 0.6 is 0 Å². The first-order valence-corrected chi connectivity index (χ1v) is 6.99. The second-order valence-corrected chi connectivity index (χ2v) is 6.05. The Balaban J connectivity index is 3.08. The molecular weight excluding hydrogens is 282 g/mol. The fourth-order valence-corrected chi connectivity index (χ4v) is 1.73. The molecular formula is C13H16NO5S. The molecule has 2 amide bonds. The maximum Gasteiger partial charge on any atom is 0.421 e. The van der Waals surface area contributed by atoms with Gasteiger partial charge in [-0.05, 0) is 39.0 Å². The van der Waals surface area contributed by atoms with Gasteiger partial charge in [-0.3, -0.25) is 4.79 Å². The molecule has 1 aromatic carbocycles.